The number of aromatic nitrogens is 4. The van der Waals surface area contributed by atoms with Gasteiger partial charge in [0.05, 0.1) is 11.9 Å². The predicted molar refractivity (Wildman–Crippen MR) is 119 cm³/mol. The molecule has 4 aromatic rings. The molecule has 0 radical (unpaired) electrons. The summed E-state index contributed by atoms with van der Waals surface area (Å²) in [6.45, 7) is 0.631. The molecule has 32 heavy (non-hydrogen) atoms. The molecule has 0 N–H and O–H groups in total. The van der Waals surface area contributed by atoms with Gasteiger partial charge in [0.1, 0.15) is 23.8 Å². The van der Waals surface area contributed by atoms with Crippen LogP contribution in [0.25, 0.3) is 11.3 Å². The van der Waals surface area contributed by atoms with Gasteiger partial charge in [-0.15, -0.1) is 0 Å². The highest BCUT2D eigenvalue weighted by Crippen LogP contribution is 2.33. The van der Waals surface area contributed by atoms with Crippen molar-refractivity contribution >= 4 is 17.5 Å². The van der Waals surface area contributed by atoms with Crippen LogP contribution < -0.4 is 0 Å². The number of pyridine rings is 1. The topological polar surface area (TPSA) is 85.0 Å². The van der Waals surface area contributed by atoms with Crippen LogP contribution in [0.2, 0.25) is 5.02 Å². The molecule has 1 aliphatic rings. The summed E-state index contributed by atoms with van der Waals surface area (Å²) in [5, 5.41) is 0.692. The van der Waals surface area contributed by atoms with Crippen LogP contribution in [0.3, 0.4) is 0 Å². The van der Waals surface area contributed by atoms with Gasteiger partial charge in [0, 0.05) is 35.9 Å². The van der Waals surface area contributed by atoms with Crippen molar-refractivity contribution in [1.82, 2.24) is 24.8 Å². The summed E-state index contributed by atoms with van der Waals surface area (Å²) in [6.07, 6.45) is 8.76. The maximum absolute atomic E-state index is 13.3. The summed E-state index contributed by atoms with van der Waals surface area (Å²) in [6, 6.07) is 12.8. The van der Waals surface area contributed by atoms with Crippen LogP contribution in [0, 0.1) is 0 Å². The van der Waals surface area contributed by atoms with Gasteiger partial charge >= 0.3 is 0 Å². The first-order chi connectivity index (χ1) is 15.7. The van der Waals surface area contributed by atoms with Crippen molar-refractivity contribution in [3.05, 3.63) is 95.3 Å². The third-order valence-corrected chi connectivity index (χ3v) is 5.89. The zero-order valence-corrected chi connectivity index (χ0v) is 17.9. The Bertz CT molecular complexity index is 1240. The highest BCUT2D eigenvalue weighted by molar-refractivity contribution is 6.31. The minimum atomic E-state index is -0.215. The van der Waals surface area contributed by atoms with Gasteiger partial charge in [0.2, 0.25) is 5.89 Å². The molecule has 160 valence electrons. The highest BCUT2D eigenvalue weighted by atomic mass is 35.5. The number of likely N-dealkylation sites (tertiary alicyclic amines) is 1. The van der Waals surface area contributed by atoms with Gasteiger partial charge in [-0.3, -0.25) is 4.79 Å². The van der Waals surface area contributed by atoms with Gasteiger partial charge in [-0.1, -0.05) is 35.9 Å². The van der Waals surface area contributed by atoms with E-state index in [-0.39, 0.29) is 11.9 Å². The largest absolute Gasteiger partial charge is 0.443 e. The summed E-state index contributed by atoms with van der Waals surface area (Å²) in [7, 11) is 0. The first kappa shape index (κ1) is 20.3. The molecule has 0 bridgehead atoms. The molecule has 0 unspecified atom stereocenters. The first-order valence-electron chi connectivity index (χ1n) is 10.4. The Labute approximate surface area is 190 Å². The first-order valence-corrected chi connectivity index (χ1v) is 10.8. The summed E-state index contributed by atoms with van der Waals surface area (Å²) >= 11 is 6.27. The molecule has 0 saturated carbocycles. The van der Waals surface area contributed by atoms with Gasteiger partial charge in [-0.25, -0.2) is 19.9 Å². The Kier molecular flexibility index (Phi) is 5.64. The molecule has 1 aromatic carbocycles. The molecule has 4 heterocycles. The smallest absolute Gasteiger partial charge is 0.273 e. The monoisotopic (exact) mass is 445 g/mol. The number of carbonyl (C=O) groups is 1. The lowest BCUT2D eigenvalue weighted by Crippen LogP contribution is -2.31. The lowest BCUT2D eigenvalue weighted by molar-refractivity contribution is 0.0708. The quantitative estimate of drug-likeness (QED) is 0.440. The molecule has 3 aromatic heterocycles. The van der Waals surface area contributed by atoms with E-state index in [2.05, 4.69) is 19.9 Å². The van der Waals surface area contributed by atoms with Crippen LogP contribution in [0.15, 0.2) is 71.8 Å². The van der Waals surface area contributed by atoms with Gasteiger partial charge in [0.15, 0.2) is 0 Å². The van der Waals surface area contributed by atoms with Crippen molar-refractivity contribution in [2.24, 2.45) is 0 Å². The van der Waals surface area contributed by atoms with E-state index in [1.807, 2.05) is 36.4 Å². The third-order valence-electron chi connectivity index (χ3n) is 5.52. The number of hydrogen-bond acceptors (Lipinski definition) is 6. The van der Waals surface area contributed by atoms with Gasteiger partial charge in [-0.2, -0.15) is 0 Å². The maximum atomic E-state index is 13.3. The Balaban J connectivity index is 1.36. The molecule has 1 aliphatic heterocycles. The van der Waals surface area contributed by atoms with Crippen LogP contribution in [0.4, 0.5) is 0 Å². The molecule has 0 aliphatic carbocycles. The van der Waals surface area contributed by atoms with Gasteiger partial charge < -0.3 is 9.32 Å². The number of oxazole rings is 1. The Morgan fingerprint density at radius 3 is 2.78 bits per heavy atom. The molecule has 1 atom stereocenters. The van der Waals surface area contributed by atoms with E-state index in [4.69, 9.17) is 16.0 Å². The van der Waals surface area contributed by atoms with E-state index in [1.54, 1.807) is 29.6 Å². The van der Waals surface area contributed by atoms with Crippen molar-refractivity contribution in [1.29, 1.82) is 0 Å². The lowest BCUT2D eigenvalue weighted by Gasteiger charge is -2.22. The van der Waals surface area contributed by atoms with Crippen LogP contribution in [-0.4, -0.2) is 37.3 Å². The fourth-order valence-corrected chi connectivity index (χ4v) is 4.15. The average Bonchev–Trinajstić information content (AvgIpc) is 3.50. The van der Waals surface area contributed by atoms with Crippen molar-refractivity contribution < 1.29 is 9.21 Å². The highest BCUT2D eigenvalue weighted by Gasteiger charge is 2.34. The van der Waals surface area contributed by atoms with Gasteiger partial charge in [-0.05, 0) is 36.6 Å². The van der Waals surface area contributed by atoms with Crippen LogP contribution in [0.1, 0.15) is 46.6 Å². The number of nitrogens with zero attached hydrogens (tertiary/aromatic N) is 5. The molecule has 8 heteroatoms. The molecule has 1 saturated heterocycles. The molecule has 1 amide bonds. The second kappa shape index (κ2) is 8.88. The predicted octanol–water partition coefficient (Wildman–Crippen LogP) is 4.75. The number of amides is 1. The standard InChI is InChI=1S/C24H20ClN5O2/c25-19-6-2-1-5-16(19)11-18-14-28-23(32-18)22-9-4-10-30(22)24(31)21-8-3-7-20(29-21)17-12-26-15-27-13-17/h1-3,5-8,12-15,22H,4,9-11H2/t22-/m0/s1. The Morgan fingerprint density at radius 1 is 1.09 bits per heavy atom. The van der Waals surface area contributed by atoms with Crippen LogP contribution in [0.5, 0.6) is 0 Å². The van der Waals surface area contributed by atoms with E-state index in [0.717, 1.165) is 29.7 Å². The lowest BCUT2D eigenvalue weighted by atomic mass is 10.1. The van der Waals surface area contributed by atoms with Crippen LogP contribution in [-0.2, 0) is 6.42 Å². The van der Waals surface area contributed by atoms with E-state index in [0.29, 0.717) is 35.3 Å². The number of halogens is 1. The fourth-order valence-electron chi connectivity index (χ4n) is 3.95. The number of hydrogen-bond donors (Lipinski definition) is 0. The third kappa shape index (κ3) is 4.11. The molecular weight excluding hydrogens is 426 g/mol. The van der Waals surface area contributed by atoms with E-state index in [9.17, 15) is 4.79 Å². The minimum absolute atomic E-state index is 0.142. The molecular formula is C24H20ClN5O2. The molecule has 5 rings (SSSR count). The second-order valence-corrected chi connectivity index (χ2v) is 8.03. The average molecular weight is 446 g/mol. The normalized spacial score (nSPS) is 15.8. The van der Waals surface area contributed by atoms with Crippen molar-refractivity contribution in [3.8, 4) is 11.3 Å². The molecule has 0 spiro atoms. The zero-order chi connectivity index (χ0) is 21.9. The molecule has 1 fully saturated rings. The van der Waals surface area contributed by atoms with E-state index >= 15 is 0 Å². The number of carbonyl (C=O) groups excluding carboxylic acids is 1. The van der Waals surface area contributed by atoms with Crippen molar-refractivity contribution in [2.45, 2.75) is 25.3 Å². The molecule has 7 nitrogen and oxygen atoms in total. The van der Waals surface area contributed by atoms with Crippen molar-refractivity contribution in [2.75, 3.05) is 6.54 Å². The van der Waals surface area contributed by atoms with Crippen LogP contribution >= 0.6 is 11.6 Å². The zero-order valence-electron chi connectivity index (χ0n) is 17.2. The maximum Gasteiger partial charge on any atom is 0.273 e. The van der Waals surface area contributed by atoms with E-state index < -0.39 is 0 Å². The summed E-state index contributed by atoms with van der Waals surface area (Å²) in [4.78, 5) is 32.2. The fraction of sp³-hybridized carbons (Fsp3) is 0.208. The SMILES string of the molecule is O=C(c1cccc(-c2cncnc2)n1)N1CCC[C@H]1c1ncc(Cc2ccccc2Cl)o1. The summed E-state index contributed by atoms with van der Waals surface area (Å²) < 4.78 is 6.04. The van der Waals surface area contributed by atoms with E-state index in [1.165, 1.54) is 6.33 Å². The summed E-state index contributed by atoms with van der Waals surface area (Å²) in [5.74, 6) is 1.12. The number of benzene rings is 1. The summed E-state index contributed by atoms with van der Waals surface area (Å²) in [5.41, 5.74) is 2.77. The Morgan fingerprint density at radius 2 is 1.94 bits per heavy atom. The van der Waals surface area contributed by atoms with Crippen molar-refractivity contribution in [3.63, 3.8) is 0 Å². The minimum Gasteiger partial charge on any atom is -0.443 e. The Hall–Kier alpha value is -3.58. The van der Waals surface area contributed by atoms with Gasteiger partial charge in [0.25, 0.3) is 5.91 Å². The second-order valence-electron chi connectivity index (χ2n) is 7.62. The number of rotatable bonds is 5.